The highest BCUT2D eigenvalue weighted by Gasteiger charge is 2.17. The Morgan fingerprint density at radius 2 is 1.73 bits per heavy atom. The van der Waals surface area contributed by atoms with E-state index in [1.165, 1.54) is 19.2 Å². The molecule has 0 amide bonds. The van der Waals surface area contributed by atoms with Gasteiger partial charge in [-0.3, -0.25) is 4.72 Å². The fraction of sp³-hybridized carbons (Fsp3) is 0.250. The highest BCUT2D eigenvalue weighted by atomic mass is 32.2. The quantitative estimate of drug-likeness (QED) is 0.911. The Bertz CT molecular complexity index is 755. The molecule has 0 atom stereocenters. The number of rotatable bonds is 5. The maximum absolute atomic E-state index is 13.6. The van der Waals surface area contributed by atoms with Gasteiger partial charge in [0.2, 0.25) is 0 Å². The van der Waals surface area contributed by atoms with Crippen molar-refractivity contribution >= 4 is 15.7 Å². The molecule has 0 bridgehead atoms. The average molecular weight is 323 g/mol. The number of nitrogens with one attached hydrogen (secondary N) is 1. The first kappa shape index (κ1) is 16.3. The van der Waals surface area contributed by atoms with Crippen molar-refractivity contribution in [3.8, 4) is 5.75 Å². The van der Waals surface area contributed by atoms with Gasteiger partial charge in [-0.2, -0.15) is 0 Å². The molecule has 6 heteroatoms. The molecule has 0 radical (unpaired) electrons. The number of benzene rings is 2. The van der Waals surface area contributed by atoms with Crippen LogP contribution in [0, 0.1) is 5.82 Å². The summed E-state index contributed by atoms with van der Waals surface area (Å²) in [6.07, 6.45) is 0. The van der Waals surface area contributed by atoms with Crippen LogP contribution in [0.15, 0.2) is 47.4 Å². The molecule has 118 valence electrons. The molecule has 0 heterocycles. The smallest absolute Gasteiger partial charge is 0.262 e. The molecule has 0 aliphatic rings. The Labute approximate surface area is 130 Å². The number of hydrogen-bond acceptors (Lipinski definition) is 3. The van der Waals surface area contributed by atoms with Crippen LogP contribution in [0.5, 0.6) is 5.75 Å². The zero-order chi connectivity index (χ0) is 16.3. The second-order valence-corrected chi connectivity index (χ2v) is 6.86. The summed E-state index contributed by atoms with van der Waals surface area (Å²) in [4.78, 5) is -0.154. The summed E-state index contributed by atoms with van der Waals surface area (Å²) < 4.78 is 45.4. The summed E-state index contributed by atoms with van der Waals surface area (Å²) in [6, 6.07) is 10.6. The van der Waals surface area contributed by atoms with Gasteiger partial charge in [-0.25, -0.2) is 12.8 Å². The van der Waals surface area contributed by atoms with Crippen LogP contribution in [-0.2, 0) is 10.0 Å². The highest BCUT2D eigenvalue weighted by molar-refractivity contribution is 7.92. The van der Waals surface area contributed by atoms with E-state index in [1.807, 2.05) is 12.1 Å². The van der Waals surface area contributed by atoms with Gasteiger partial charge in [0.15, 0.2) is 11.6 Å². The van der Waals surface area contributed by atoms with Crippen LogP contribution in [0.4, 0.5) is 10.1 Å². The Balaban J connectivity index is 2.25. The lowest BCUT2D eigenvalue weighted by Gasteiger charge is -2.11. The third-order valence-electron chi connectivity index (χ3n) is 3.26. The normalized spacial score (nSPS) is 11.5. The van der Waals surface area contributed by atoms with Gasteiger partial charge in [0, 0.05) is 5.69 Å². The van der Waals surface area contributed by atoms with Crippen LogP contribution >= 0.6 is 0 Å². The largest absolute Gasteiger partial charge is 0.494 e. The van der Waals surface area contributed by atoms with E-state index in [4.69, 9.17) is 4.74 Å². The van der Waals surface area contributed by atoms with E-state index >= 15 is 0 Å². The van der Waals surface area contributed by atoms with E-state index < -0.39 is 15.8 Å². The van der Waals surface area contributed by atoms with E-state index in [-0.39, 0.29) is 10.6 Å². The summed E-state index contributed by atoms with van der Waals surface area (Å²) in [5.74, 6) is -0.359. The van der Waals surface area contributed by atoms with Crippen LogP contribution in [0.2, 0.25) is 0 Å². The Hall–Kier alpha value is -2.08. The number of sulfonamides is 1. The zero-order valence-corrected chi connectivity index (χ0v) is 13.4. The van der Waals surface area contributed by atoms with Gasteiger partial charge < -0.3 is 4.74 Å². The molecule has 22 heavy (non-hydrogen) atoms. The van der Waals surface area contributed by atoms with E-state index in [0.717, 1.165) is 11.6 Å². The fourth-order valence-corrected chi connectivity index (χ4v) is 3.03. The maximum atomic E-state index is 13.6. The summed E-state index contributed by atoms with van der Waals surface area (Å²) in [7, 11) is -2.52. The molecular formula is C16H18FNO3S. The summed E-state index contributed by atoms with van der Waals surface area (Å²) in [6.45, 7) is 4.11. The van der Waals surface area contributed by atoms with Crippen LogP contribution in [0.1, 0.15) is 25.3 Å². The molecule has 0 fully saturated rings. The number of hydrogen-bond donors (Lipinski definition) is 1. The van der Waals surface area contributed by atoms with Gasteiger partial charge in [0.1, 0.15) is 0 Å². The zero-order valence-electron chi connectivity index (χ0n) is 12.6. The van der Waals surface area contributed by atoms with Gasteiger partial charge in [-0.1, -0.05) is 26.0 Å². The van der Waals surface area contributed by atoms with E-state index in [0.29, 0.717) is 11.6 Å². The van der Waals surface area contributed by atoms with E-state index in [2.05, 4.69) is 18.6 Å². The third kappa shape index (κ3) is 3.57. The molecular weight excluding hydrogens is 305 g/mol. The monoisotopic (exact) mass is 323 g/mol. The van der Waals surface area contributed by atoms with Crippen LogP contribution in [0.3, 0.4) is 0 Å². The fourth-order valence-electron chi connectivity index (χ4n) is 1.96. The minimum Gasteiger partial charge on any atom is -0.494 e. The second kappa shape index (κ2) is 6.36. The minimum absolute atomic E-state index is 0.000219. The molecule has 0 saturated heterocycles. The first-order valence-corrected chi connectivity index (χ1v) is 8.28. The molecule has 0 aromatic heterocycles. The summed E-state index contributed by atoms with van der Waals surface area (Å²) in [5.41, 5.74) is 1.54. The predicted octanol–water partition coefficient (Wildman–Crippen LogP) is 3.76. The molecule has 2 aromatic carbocycles. The van der Waals surface area contributed by atoms with Crippen molar-refractivity contribution in [1.82, 2.24) is 0 Å². The Kier molecular flexibility index (Phi) is 4.71. The predicted molar refractivity (Wildman–Crippen MR) is 84.3 cm³/mol. The Morgan fingerprint density at radius 1 is 1.09 bits per heavy atom. The molecule has 0 spiro atoms. The van der Waals surface area contributed by atoms with E-state index in [1.54, 1.807) is 12.1 Å². The summed E-state index contributed by atoms with van der Waals surface area (Å²) in [5, 5.41) is 0. The Morgan fingerprint density at radius 3 is 2.23 bits per heavy atom. The lowest BCUT2D eigenvalue weighted by molar-refractivity contribution is 0.385. The van der Waals surface area contributed by atoms with Gasteiger partial charge in [0.25, 0.3) is 10.0 Å². The van der Waals surface area contributed by atoms with Gasteiger partial charge in [-0.05, 0) is 41.8 Å². The third-order valence-corrected chi connectivity index (χ3v) is 4.64. The topological polar surface area (TPSA) is 55.4 Å². The van der Waals surface area contributed by atoms with Crippen LogP contribution < -0.4 is 9.46 Å². The SMILES string of the molecule is COc1ccc(S(=O)(=O)Nc2ccc(C(C)C)cc2)cc1F. The summed E-state index contributed by atoms with van der Waals surface area (Å²) >= 11 is 0. The molecule has 4 nitrogen and oxygen atoms in total. The van der Waals surface area contributed by atoms with Crippen LogP contribution in [-0.4, -0.2) is 15.5 Å². The van der Waals surface area contributed by atoms with Crippen molar-refractivity contribution in [3.63, 3.8) is 0 Å². The lowest BCUT2D eigenvalue weighted by Crippen LogP contribution is -2.13. The molecule has 0 saturated carbocycles. The van der Waals surface area contributed by atoms with Gasteiger partial charge >= 0.3 is 0 Å². The minimum atomic E-state index is -3.84. The van der Waals surface area contributed by atoms with Crippen molar-refractivity contribution in [2.45, 2.75) is 24.7 Å². The number of ether oxygens (including phenoxy) is 1. The maximum Gasteiger partial charge on any atom is 0.262 e. The molecule has 0 aliphatic carbocycles. The highest BCUT2D eigenvalue weighted by Crippen LogP contribution is 2.23. The number of halogens is 1. The molecule has 2 aromatic rings. The molecule has 0 unspecified atom stereocenters. The van der Waals surface area contributed by atoms with Crippen molar-refractivity contribution in [2.24, 2.45) is 0 Å². The van der Waals surface area contributed by atoms with Crippen molar-refractivity contribution in [2.75, 3.05) is 11.8 Å². The van der Waals surface area contributed by atoms with Crippen molar-refractivity contribution in [3.05, 3.63) is 53.8 Å². The molecule has 1 N–H and O–H groups in total. The second-order valence-electron chi connectivity index (χ2n) is 5.18. The first-order valence-electron chi connectivity index (χ1n) is 6.80. The van der Waals surface area contributed by atoms with Crippen molar-refractivity contribution in [1.29, 1.82) is 0 Å². The van der Waals surface area contributed by atoms with Crippen molar-refractivity contribution < 1.29 is 17.5 Å². The number of anilines is 1. The van der Waals surface area contributed by atoms with Gasteiger partial charge in [-0.15, -0.1) is 0 Å². The molecule has 0 aliphatic heterocycles. The van der Waals surface area contributed by atoms with Gasteiger partial charge in [0.05, 0.1) is 12.0 Å². The molecule has 2 rings (SSSR count). The lowest BCUT2D eigenvalue weighted by atomic mass is 10.0. The standard InChI is InChI=1S/C16H18FNO3S/c1-11(2)12-4-6-13(7-5-12)18-22(19,20)14-8-9-16(21-3)15(17)10-14/h4-11,18H,1-3H3. The van der Waals surface area contributed by atoms with Crippen LogP contribution in [0.25, 0.3) is 0 Å². The average Bonchev–Trinajstić information content (AvgIpc) is 2.47. The number of methoxy groups -OCH3 is 1. The van der Waals surface area contributed by atoms with E-state index in [9.17, 15) is 12.8 Å². The first-order chi connectivity index (χ1) is 10.3.